The van der Waals surface area contributed by atoms with Gasteiger partial charge in [0.05, 0.1) is 6.61 Å². The number of esters is 1. The molecule has 0 heterocycles. The monoisotopic (exact) mass is 282 g/mol. The molecule has 0 saturated heterocycles. The number of nitrogens with two attached hydrogens (primary N) is 1. The molecule has 1 rings (SSSR count). The number of carbonyl (C=O) groups is 1. The second-order valence-corrected chi connectivity index (χ2v) is 4.80. The summed E-state index contributed by atoms with van der Waals surface area (Å²) in [5.41, 5.74) is 5.39. The zero-order valence-corrected chi connectivity index (χ0v) is 11.0. The number of hydrogen-bond donors (Lipinski definition) is 2. The molecule has 0 aromatic carbocycles. The molecule has 0 spiro atoms. The van der Waals surface area contributed by atoms with Gasteiger partial charge in [-0.2, -0.15) is 13.2 Å². The molecule has 0 aliphatic heterocycles. The molecule has 1 aliphatic rings. The van der Waals surface area contributed by atoms with Gasteiger partial charge < -0.3 is 15.8 Å². The summed E-state index contributed by atoms with van der Waals surface area (Å²) >= 11 is 0. The lowest BCUT2D eigenvalue weighted by Crippen LogP contribution is -2.60. The number of carbonyl (C=O) groups excluding carboxylic acids is 1. The van der Waals surface area contributed by atoms with E-state index in [1.807, 2.05) is 0 Å². The topological polar surface area (TPSA) is 64.3 Å². The second-order valence-electron chi connectivity index (χ2n) is 4.80. The van der Waals surface area contributed by atoms with Gasteiger partial charge in [-0.3, -0.25) is 4.79 Å². The second kappa shape index (κ2) is 7.09. The van der Waals surface area contributed by atoms with Crippen LogP contribution in [0.3, 0.4) is 0 Å². The summed E-state index contributed by atoms with van der Waals surface area (Å²) in [5, 5.41) is 2.48. The first-order valence-electron chi connectivity index (χ1n) is 6.61. The van der Waals surface area contributed by atoms with Gasteiger partial charge in [0.1, 0.15) is 12.1 Å². The van der Waals surface area contributed by atoms with Crippen LogP contribution >= 0.6 is 0 Å². The van der Waals surface area contributed by atoms with Crippen LogP contribution in [0.25, 0.3) is 0 Å². The summed E-state index contributed by atoms with van der Waals surface area (Å²) in [6, 6.07) is -4.00. The highest BCUT2D eigenvalue weighted by Gasteiger charge is 2.47. The van der Waals surface area contributed by atoms with E-state index in [9.17, 15) is 18.0 Å². The molecular formula is C12H21F3N2O2. The van der Waals surface area contributed by atoms with Crippen molar-refractivity contribution in [2.24, 2.45) is 5.73 Å². The number of nitrogens with one attached hydrogen (secondary N) is 1. The van der Waals surface area contributed by atoms with Crippen molar-refractivity contribution in [1.82, 2.24) is 5.32 Å². The fraction of sp³-hybridized carbons (Fsp3) is 0.917. The summed E-state index contributed by atoms with van der Waals surface area (Å²) in [6.07, 6.45) is -0.361. The minimum atomic E-state index is -4.57. The van der Waals surface area contributed by atoms with E-state index in [4.69, 9.17) is 5.73 Å². The quantitative estimate of drug-likeness (QED) is 0.754. The normalized spacial score (nSPS) is 20.9. The van der Waals surface area contributed by atoms with E-state index in [0.717, 1.165) is 19.3 Å². The molecule has 7 heteroatoms. The average molecular weight is 282 g/mol. The van der Waals surface area contributed by atoms with Gasteiger partial charge in [-0.05, 0) is 19.8 Å². The molecule has 1 fully saturated rings. The molecule has 1 saturated carbocycles. The molecule has 112 valence electrons. The zero-order chi connectivity index (χ0) is 14.5. The number of rotatable bonds is 5. The van der Waals surface area contributed by atoms with Crippen molar-refractivity contribution >= 4 is 5.97 Å². The van der Waals surface area contributed by atoms with Crippen LogP contribution in [0.1, 0.15) is 39.0 Å². The highest BCUT2D eigenvalue weighted by atomic mass is 19.4. The summed E-state index contributed by atoms with van der Waals surface area (Å²) in [6.45, 7) is 1.54. The van der Waals surface area contributed by atoms with E-state index in [0.29, 0.717) is 12.8 Å². The highest BCUT2D eigenvalue weighted by molar-refractivity contribution is 5.76. The van der Waals surface area contributed by atoms with Gasteiger partial charge in [0.25, 0.3) is 0 Å². The fourth-order valence-corrected chi connectivity index (χ4v) is 2.30. The first kappa shape index (κ1) is 16.2. The smallest absolute Gasteiger partial charge is 0.405 e. The Morgan fingerprint density at radius 1 is 1.37 bits per heavy atom. The molecule has 0 aromatic rings. The van der Waals surface area contributed by atoms with Crippen molar-refractivity contribution in [2.75, 3.05) is 6.61 Å². The Bertz CT molecular complexity index is 291. The lowest BCUT2D eigenvalue weighted by molar-refractivity contribution is -0.175. The Hall–Kier alpha value is -0.820. The molecule has 4 nitrogen and oxygen atoms in total. The largest absolute Gasteiger partial charge is 0.465 e. The Morgan fingerprint density at radius 2 is 1.95 bits per heavy atom. The van der Waals surface area contributed by atoms with Crippen LogP contribution in [0.4, 0.5) is 13.2 Å². The van der Waals surface area contributed by atoms with Crippen molar-refractivity contribution < 1.29 is 22.7 Å². The van der Waals surface area contributed by atoms with Crippen LogP contribution in [0, 0.1) is 0 Å². The molecule has 0 amide bonds. The van der Waals surface area contributed by atoms with Gasteiger partial charge in [-0.1, -0.05) is 19.3 Å². The third-order valence-corrected chi connectivity index (χ3v) is 3.29. The van der Waals surface area contributed by atoms with Crippen LogP contribution in [-0.4, -0.2) is 36.9 Å². The van der Waals surface area contributed by atoms with Crippen LogP contribution in [0.5, 0.6) is 0 Å². The average Bonchev–Trinajstić information content (AvgIpc) is 2.35. The number of halogens is 3. The highest BCUT2D eigenvalue weighted by Crippen LogP contribution is 2.26. The predicted octanol–water partition coefficient (Wildman–Crippen LogP) is 1.73. The van der Waals surface area contributed by atoms with E-state index >= 15 is 0 Å². The molecule has 3 N–H and O–H groups in total. The standard InChI is InChI=1S/C12H21F3N2O2/c1-2-19-11(18)9(16)10(12(13,14)15)17-8-6-4-3-5-7-8/h8-10,17H,2-7,16H2,1H3. The van der Waals surface area contributed by atoms with Crippen LogP contribution in [0.15, 0.2) is 0 Å². The van der Waals surface area contributed by atoms with Crippen molar-refractivity contribution in [3.63, 3.8) is 0 Å². The van der Waals surface area contributed by atoms with Gasteiger partial charge in [0.2, 0.25) is 0 Å². The maximum Gasteiger partial charge on any atom is 0.405 e. The number of hydrogen-bond acceptors (Lipinski definition) is 4. The zero-order valence-electron chi connectivity index (χ0n) is 11.0. The van der Waals surface area contributed by atoms with Crippen LogP contribution < -0.4 is 11.1 Å². The Morgan fingerprint density at radius 3 is 2.42 bits per heavy atom. The Kier molecular flexibility index (Phi) is 6.06. The van der Waals surface area contributed by atoms with E-state index in [2.05, 4.69) is 10.1 Å². The molecule has 19 heavy (non-hydrogen) atoms. The van der Waals surface area contributed by atoms with E-state index in [1.54, 1.807) is 0 Å². The summed E-state index contributed by atoms with van der Waals surface area (Å²) in [4.78, 5) is 11.4. The van der Waals surface area contributed by atoms with Crippen molar-refractivity contribution in [2.45, 2.75) is 63.3 Å². The van der Waals surface area contributed by atoms with Gasteiger partial charge in [-0.25, -0.2) is 0 Å². The molecular weight excluding hydrogens is 261 g/mol. The molecule has 0 radical (unpaired) electrons. The first-order chi connectivity index (χ1) is 8.86. The van der Waals surface area contributed by atoms with Gasteiger partial charge in [0.15, 0.2) is 0 Å². The van der Waals surface area contributed by atoms with E-state index < -0.39 is 24.2 Å². The summed E-state index contributed by atoms with van der Waals surface area (Å²) < 4.78 is 43.5. The summed E-state index contributed by atoms with van der Waals surface area (Å²) in [7, 11) is 0. The first-order valence-corrected chi connectivity index (χ1v) is 6.61. The Labute approximate surface area is 110 Å². The van der Waals surface area contributed by atoms with Crippen LogP contribution in [0.2, 0.25) is 0 Å². The molecule has 1 aliphatic carbocycles. The minimum absolute atomic E-state index is 0.0144. The third kappa shape index (κ3) is 4.99. The third-order valence-electron chi connectivity index (χ3n) is 3.29. The molecule has 0 bridgehead atoms. The summed E-state index contributed by atoms with van der Waals surface area (Å²) in [5.74, 6) is -1.02. The van der Waals surface area contributed by atoms with Crippen molar-refractivity contribution in [3.8, 4) is 0 Å². The lowest BCUT2D eigenvalue weighted by Gasteiger charge is -2.32. The molecule has 2 atom stereocenters. The SMILES string of the molecule is CCOC(=O)C(N)C(NC1CCCCC1)C(F)(F)F. The van der Waals surface area contributed by atoms with E-state index in [-0.39, 0.29) is 12.6 Å². The van der Waals surface area contributed by atoms with Gasteiger partial charge in [-0.15, -0.1) is 0 Å². The van der Waals surface area contributed by atoms with E-state index in [1.165, 1.54) is 6.92 Å². The maximum absolute atomic E-state index is 13.0. The predicted molar refractivity (Wildman–Crippen MR) is 64.5 cm³/mol. The fourth-order valence-electron chi connectivity index (χ4n) is 2.30. The minimum Gasteiger partial charge on any atom is -0.465 e. The number of ether oxygens (including phenoxy) is 1. The molecule has 0 aromatic heterocycles. The maximum atomic E-state index is 13.0. The van der Waals surface area contributed by atoms with Gasteiger partial charge in [0, 0.05) is 6.04 Å². The molecule has 2 unspecified atom stereocenters. The van der Waals surface area contributed by atoms with Crippen LogP contribution in [-0.2, 0) is 9.53 Å². The number of alkyl halides is 3. The van der Waals surface area contributed by atoms with Gasteiger partial charge >= 0.3 is 12.1 Å². The Balaban J connectivity index is 2.68. The van der Waals surface area contributed by atoms with Crippen molar-refractivity contribution in [1.29, 1.82) is 0 Å². The lowest BCUT2D eigenvalue weighted by atomic mass is 9.94. The van der Waals surface area contributed by atoms with Crippen molar-refractivity contribution in [3.05, 3.63) is 0 Å².